The van der Waals surface area contributed by atoms with Crippen molar-refractivity contribution in [3.8, 4) is 0 Å². The second kappa shape index (κ2) is 7.36. The van der Waals surface area contributed by atoms with Gasteiger partial charge in [-0.2, -0.15) is 0 Å². The maximum Gasteiger partial charge on any atom is 0.328 e. The maximum atomic E-state index is 12.9. The number of likely N-dealkylation sites (tertiary alicyclic amines) is 1. The van der Waals surface area contributed by atoms with Crippen molar-refractivity contribution in [1.29, 1.82) is 0 Å². The highest BCUT2D eigenvalue weighted by Crippen LogP contribution is 2.25. The van der Waals surface area contributed by atoms with E-state index in [0.717, 1.165) is 4.57 Å². The van der Waals surface area contributed by atoms with Gasteiger partial charge in [-0.15, -0.1) is 0 Å². The van der Waals surface area contributed by atoms with E-state index in [-0.39, 0.29) is 36.1 Å². The van der Waals surface area contributed by atoms with Crippen molar-refractivity contribution in [2.45, 2.75) is 38.5 Å². The van der Waals surface area contributed by atoms with Crippen LogP contribution in [0, 0.1) is 0 Å². The summed E-state index contributed by atoms with van der Waals surface area (Å²) in [7, 11) is 1.52. The first-order valence-electron chi connectivity index (χ1n) is 8.68. The zero-order chi connectivity index (χ0) is 19.7. The van der Waals surface area contributed by atoms with Crippen molar-refractivity contribution in [1.82, 2.24) is 14.5 Å². The number of hydrogen-bond donors (Lipinski definition) is 2. The number of hydrogen-bond acceptors (Lipinski definition) is 5. The number of aromatic nitrogens is 2. The lowest BCUT2D eigenvalue weighted by molar-refractivity contribution is -0.137. The molecule has 2 aromatic rings. The van der Waals surface area contributed by atoms with E-state index in [0.29, 0.717) is 18.4 Å². The molecule has 1 aromatic heterocycles. The molecule has 9 nitrogen and oxygen atoms in total. The monoisotopic (exact) mass is 375 g/mol. The van der Waals surface area contributed by atoms with Gasteiger partial charge < -0.3 is 19.7 Å². The molecular weight excluding hydrogens is 354 g/mol. The number of aromatic amines is 1. The van der Waals surface area contributed by atoms with Gasteiger partial charge in [0.15, 0.2) is 0 Å². The summed E-state index contributed by atoms with van der Waals surface area (Å²) in [4.78, 5) is 52.5. The number of carbonyl (C=O) groups is 2. The number of carbonyl (C=O) groups excluding carboxylic acids is 1. The lowest BCUT2D eigenvalue weighted by Gasteiger charge is -2.23. The van der Waals surface area contributed by atoms with E-state index < -0.39 is 23.3 Å². The summed E-state index contributed by atoms with van der Waals surface area (Å²) >= 11 is 0. The fraction of sp³-hybridized carbons (Fsp3) is 0.444. The number of aliphatic carboxylic acids is 1. The predicted octanol–water partition coefficient (Wildman–Crippen LogP) is 0.414. The van der Waals surface area contributed by atoms with Crippen LogP contribution in [0.1, 0.15) is 30.1 Å². The van der Waals surface area contributed by atoms with Gasteiger partial charge in [-0.1, -0.05) is 0 Å². The summed E-state index contributed by atoms with van der Waals surface area (Å²) in [6, 6.07) is 4.01. The molecule has 27 heavy (non-hydrogen) atoms. The number of fused-ring (bicyclic) bond motifs is 1. The number of benzene rings is 1. The average Bonchev–Trinajstić information content (AvgIpc) is 3.03. The Morgan fingerprint density at radius 1 is 1.33 bits per heavy atom. The van der Waals surface area contributed by atoms with Crippen LogP contribution in [-0.2, 0) is 16.1 Å². The Morgan fingerprint density at radius 2 is 2.07 bits per heavy atom. The van der Waals surface area contributed by atoms with Crippen molar-refractivity contribution >= 4 is 22.8 Å². The first-order valence-corrected chi connectivity index (χ1v) is 8.68. The summed E-state index contributed by atoms with van der Waals surface area (Å²) in [5.41, 5.74) is -0.402. The van der Waals surface area contributed by atoms with Gasteiger partial charge in [-0.25, -0.2) is 4.79 Å². The van der Waals surface area contributed by atoms with Gasteiger partial charge in [0.25, 0.3) is 11.5 Å². The molecule has 1 aliphatic rings. The summed E-state index contributed by atoms with van der Waals surface area (Å²) in [5.74, 6) is -1.35. The molecule has 0 radical (unpaired) electrons. The van der Waals surface area contributed by atoms with Crippen LogP contribution in [0.5, 0.6) is 0 Å². The van der Waals surface area contributed by atoms with Crippen molar-refractivity contribution in [2.75, 3.05) is 13.7 Å². The third-order valence-corrected chi connectivity index (χ3v) is 4.93. The predicted molar refractivity (Wildman–Crippen MR) is 97.0 cm³/mol. The molecule has 144 valence electrons. The molecule has 2 unspecified atom stereocenters. The van der Waals surface area contributed by atoms with E-state index in [9.17, 15) is 19.2 Å². The van der Waals surface area contributed by atoms with Crippen LogP contribution >= 0.6 is 0 Å². The van der Waals surface area contributed by atoms with Crippen molar-refractivity contribution < 1.29 is 19.4 Å². The SMILES string of the molecule is CCn1c(=O)[nH]c2cc(C(=O)N3CC(OC)CC3CC(=O)O)ccc2c1=O. The van der Waals surface area contributed by atoms with E-state index in [1.807, 2.05) is 0 Å². The summed E-state index contributed by atoms with van der Waals surface area (Å²) < 4.78 is 6.37. The fourth-order valence-electron chi connectivity index (χ4n) is 3.53. The Kier molecular flexibility index (Phi) is 5.13. The van der Waals surface area contributed by atoms with E-state index in [2.05, 4.69) is 4.98 Å². The van der Waals surface area contributed by atoms with Crippen LogP contribution in [0.4, 0.5) is 0 Å². The van der Waals surface area contributed by atoms with Crippen molar-refractivity contribution in [2.24, 2.45) is 0 Å². The van der Waals surface area contributed by atoms with Gasteiger partial charge in [-0.3, -0.25) is 19.0 Å². The van der Waals surface area contributed by atoms with E-state index >= 15 is 0 Å². The molecule has 0 bridgehead atoms. The molecule has 1 fully saturated rings. The Morgan fingerprint density at radius 3 is 2.70 bits per heavy atom. The quantitative estimate of drug-likeness (QED) is 0.781. The van der Waals surface area contributed by atoms with Crippen LogP contribution < -0.4 is 11.2 Å². The number of ether oxygens (including phenoxy) is 1. The van der Waals surface area contributed by atoms with Gasteiger partial charge in [0.1, 0.15) is 0 Å². The first-order chi connectivity index (χ1) is 12.8. The molecule has 2 atom stereocenters. The summed E-state index contributed by atoms with van der Waals surface area (Å²) in [6.07, 6.45) is 0.0486. The van der Waals surface area contributed by atoms with Gasteiger partial charge >= 0.3 is 11.7 Å². The number of methoxy groups -OCH3 is 1. The highest BCUT2D eigenvalue weighted by Gasteiger charge is 2.37. The average molecular weight is 375 g/mol. The molecule has 1 saturated heterocycles. The zero-order valence-electron chi connectivity index (χ0n) is 15.1. The molecule has 1 aliphatic heterocycles. The molecule has 1 amide bonds. The maximum absolute atomic E-state index is 12.9. The molecule has 0 aliphatic carbocycles. The zero-order valence-corrected chi connectivity index (χ0v) is 15.1. The smallest absolute Gasteiger partial charge is 0.328 e. The lowest BCUT2D eigenvalue weighted by Crippen LogP contribution is -2.37. The van der Waals surface area contributed by atoms with Crippen LogP contribution in [0.25, 0.3) is 10.9 Å². The Hall–Kier alpha value is -2.94. The largest absolute Gasteiger partial charge is 0.481 e. The number of nitrogens with zero attached hydrogens (tertiary/aromatic N) is 2. The number of rotatable bonds is 5. The lowest BCUT2D eigenvalue weighted by atomic mass is 10.1. The van der Waals surface area contributed by atoms with Crippen LogP contribution in [0.15, 0.2) is 27.8 Å². The normalized spacial score (nSPS) is 19.6. The van der Waals surface area contributed by atoms with Crippen LogP contribution in [-0.4, -0.2) is 57.2 Å². The second-order valence-electron chi connectivity index (χ2n) is 6.54. The topological polar surface area (TPSA) is 122 Å². The van der Waals surface area contributed by atoms with Gasteiger partial charge in [-0.05, 0) is 31.5 Å². The minimum atomic E-state index is -0.988. The molecule has 3 rings (SSSR count). The van der Waals surface area contributed by atoms with Gasteiger partial charge in [0.05, 0.1) is 23.4 Å². The molecule has 1 aromatic carbocycles. The first kappa shape index (κ1) is 18.8. The van der Waals surface area contributed by atoms with Crippen molar-refractivity contribution in [3.63, 3.8) is 0 Å². The number of amides is 1. The Balaban J connectivity index is 1.98. The highest BCUT2D eigenvalue weighted by atomic mass is 16.5. The molecule has 0 spiro atoms. The fourth-order valence-corrected chi connectivity index (χ4v) is 3.53. The summed E-state index contributed by atoms with van der Waals surface area (Å²) in [5, 5.41) is 9.41. The van der Waals surface area contributed by atoms with E-state index in [1.165, 1.54) is 30.2 Å². The number of carboxylic acid groups (broad SMARTS) is 1. The number of nitrogens with one attached hydrogen (secondary N) is 1. The third-order valence-electron chi connectivity index (χ3n) is 4.93. The molecule has 2 N–H and O–H groups in total. The van der Waals surface area contributed by atoms with Gasteiger partial charge in [0, 0.05) is 31.8 Å². The molecule has 2 heterocycles. The van der Waals surface area contributed by atoms with E-state index in [1.54, 1.807) is 6.92 Å². The molecule has 0 saturated carbocycles. The summed E-state index contributed by atoms with van der Waals surface area (Å²) in [6.45, 7) is 2.23. The van der Waals surface area contributed by atoms with Crippen LogP contribution in [0.3, 0.4) is 0 Å². The number of H-pyrrole nitrogens is 1. The number of carboxylic acids is 1. The Labute approximate surface area is 154 Å². The molecular formula is C18H21N3O6. The van der Waals surface area contributed by atoms with Crippen molar-refractivity contribution in [3.05, 3.63) is 44.6 Å². The standard InChI is InChI=1S/C18H21N3O6/c1-3-20-17(25)13-5-4-10(6-14(13)19-18(20)26)16(24)21-9-12(27-2)7-11(21)8-15(22)23/h4-6,11-12H,3,7-9H2,1-2H3,(H,19,26)(H,22,23). The van der Waals surface area contributed by atoms with E-state index in [4.69, 9.17) is 9.84 Å². The van der Waals surface area contributed by atoms with Crippen LogP contribution in [0.2, 0.25) is 0 Å². The third kappa shape index (κ3) is 3.50. The molecule has 9 heteroatoms. The minimum absolute atomic E-state index is 0.169. The highest BCUT2D eigenvalue weighted by molar-refractivity contribution is 5.98. The second-order valence-corrected chi connectivity index (χ2v) is 6.54. The minimum Gasteiger partial charge on any atom is -0.481 e. The van der Waals surface area contributed by atoms with Gasteiger partial charge in [0.2, 0.25) is 0 Å². The Bertz CT molecular complexity index is 1010.